The predicted octanol–water partition coefficient (Wildman–Crippen LogP) is 7.17. The molecule has 210 valence electrons. The molecule has 2 aromatic heterocycles. The highest BCUT2D eigenvalue weighted by Gasteiger charge is 2.23. The van der Waals surface area contributed by atoms with Crippen molar-refractivity contribution in [1.29, 1.82) is 0 Å². The van der Waals surface area contributed by atoms with Crippen LogP contribution in [0.4, 0.5) is 18.9 Å². The summed E-state index contributed by atoms with van der Waals surface area (Å²) in [5.74, 6) is -0.940. The fraction of sp³-hybridized carbons (Fsp3) is 0.226. The number of benzene rings is 3. The van der Waals surface area contributed by atoms with Gasteiger partial charge in [0.05, 0.1) is 29.4 Å². The Labute approximate surface area is 239 Å². The SMILES string of the molecule is CNc1ccc2c(c1)nc(Cc1cc(F)c(-c3cccc(OCc4ccc(Cl)cc4F)n3)cc1F)n2CC1CCO1. The van der Waals surface area contributed by atoms with Crippen molar-refractivity contribution in [3.8, 4) is 17.1 Å². The molecular weight excluding hydrogens is 553 g/mol. The molecule has 5 aromatic rings. The maximum Gasteiger partial charge on any atom is 0.214 e. The maximum atomic E-state index is 15.4. The van der Waals surface area contributed by atoms with Crippen LogP contribution in [0.25, 0.3) is 22.3 Å². The summed E-state index contributed by atoms with van der Waals surface area (Å²) in [4.78, 5) is 9.08. The van der Waals surface area contributed by atoms with Gasteiger partial charge >= 0.3 is 0 Å². The molecule has 0 aliphatic carbocycles. The second kappa shape index (κ2) is 11.4. The molecule has 10 heteroatoms. The van der Waals surface area contributed by atoms with Gasteiger partial charge in [-0.2, -0.15) is 0 Å². The Balaban J connectivity index is 1.26. The number of imidazole rings is 1. The molecule has 1 aliphatic rings. The number of ether oxygens (including phenoxy) is 2. The van der Waals surface area contributed by atoms with E-state index in [2.05, 4.69) is 10.3 Å². The van der Waals surface area contributed by atoms with E-state index in [4.69, 9.17) is 26.1 Å². The lowest BCUT2D eigenvalue weighted by Gasteiger charge is -2.27. The van der Waals surface area contributed by atoms with E-state index in [0.717, 1.165) is 35.8 Å². The minimum absolute atomic E-state index is 0.00981. The van der Waals surface area contributed by atoms with Crippen LogP contribution in [0.15, 0.2) is 66.7 Å². The van der Waals surface area contributed by atoms with Crippen LogP contribution in [0.5, 0.6) is 5.88 Å². The standard InChI is InChI=1S/C31H26ClF3N4O2/c1-36-21-7-8-29-28(14-21)37-30(39(29)16-22-9-10-40-22)12-19-11-26(35)23(15-25(19)34)27-3-2-4-31(38-27)41-17-18-5-6-20(32)13-24(18)33/h2-8,11,13-15,22,36H,9-10,12,16-17H2,1H3. The normalized spacial score (nSPS) is 14.7. The molecule has 0 amide bonds. The Morgan fingerprint density at radius 2 is 1.80 bits per heavy atom. The molecule has 1 saturated heterocycles. The van der Waals surface area contributed by atoms with Crippen LogP contribution in [-0.2, 0) is 24.3 Å². The molecule has 1 aliphatic heterocycles. The Morgan fingerprint density at radius 3 is 2.56 bits per heavy atom. The van der Waals surface area contributed by atoms with E-state index in [1.807, 2.05) is 29.8 Å². The maximum absolute atomic E-state index is 15.4. The first-order chi connectivity index (χ1) is 19.9. The molecule has 6 nitrogen and oxygen atoms in total. The summed E-state index contributed by atoms with van der Waals surface area (Å²) in [6, 6.07) is 17.2. The molecule has 3 aromatic carbocycles. The van der Waals surface area contributed by atoms with Crippen molar-refractivity contribution in [2.45, 2.75) is 32.1 Å². The third-order valence-electron chi connectivity index (χ3n) is 7.17. The molecule has 1 fully saturated rings. The van der Waals surface area contributed by atoms with Gasteiger partial charge in [0, 0.05) is 48.0 Å². The zero-order valence-corrected chi connectivity index (χ0v) is 22.9. The third-order valence-corrected chi connectivity index (χ3v) is 7.41. The number of fused-ring (bicyclic) bond motifs is 1. The number of hydrogen-bond donors (Lipinski definition) is 1. The van der Waals surface area contributed by atoms with Gasteiger partial charge in [0.2, 0.25) is 5.88 Å². The number of pyridine rings is 1. The summed E-state index contributed by atoms with van der Waals surface area (Å²) in [5, 5.41) is 3.38. The largest absolute Gasteiger partial charge is 0.473 e. The van der Waals surface area contributed by atoms with E-state index in [9.17, 15) is 4.39 Å². The van der Waals surface area contributed by atoms with Crippen LogP contribution in [0.3, 0.4) is 0 Å². The average molecular weight is 579 g/mol. The second-order valence-corrected chi connectivity index (χ2v) is 10.3. The quantitative estimate of drug-likeness (QED) is 0.201. The molecule has 1 N–H and O–H groups in total. The molecule has 41 heavy (non-hydrogen) atoms. The summed E-state index contributed by atoms with van der Waals surface area (Å²) in [7, 11) is 1.83. The van der Waals surface area contributed by atoms with E-state index in [1.54, 1.807) is 24.3 Å². The van der Waals surface area contributed by atoms with Gasteiger partial charge in [-0.25, -0.2) is 23.1 Å². The van der Waals surface area contributed by atoms with Crippen molar-refractivity contribution in [3.05, 3.63) is 106 Å². The van der Waals surface area contributed by atoms with Crippen molar-refractivity contribution in [2.75, 3.05) is 19.0 Å². The van der Waals surface area contributed by atoms with Crippen LogP contribution < -0.4 is 10.1 Å². The van der Waals surface area contributed by atoms with Gasteiger partial charge in [0.25, 0.3) is 0 Å². The zero-order chi connectivity index (χ0) is 28.5. The minimum atomic E-state index is -0.628. The molecule has 0 radical (unpaired) electrons. The monoisotopic (exact) mass is 578 g/mol. The first kappa shape index (κ1) is 27.1. The number of nitrogens with one attached hydrogen (secondary N) is 1. The number of rotatable bonds is 9. The lowest BCUT2D eigenvalue weighted by molar-refractivity contribution is -0.0589. The summed E-state index contributed by atoms with van der Waals surface area (Å²) >= 11 is 5.80. The number of hydrogen-bond acceptors (Lipinski definition) is 5. The number of nitrogens with zero attached hydrogens (tertiary/aromatic N) is 3. The number of aromatic nitrogens is 3. The molecule has 0 spiro atoms. The fourth-order valence-corrected chi connectivity index (χ4v) is 4.99. The van der Waals surface area contributed by atoms with Gasteiger partial charge in [-0.1, -0.05) is 23.7 Å². The van der Waals surface area contributed by atoms with E-state index >= 15 is 8.78 Å². The highest BCUT2D eigenvalue weighted by atomic mass is 35.5. The lowest BCUT2D eigenvalue weighted by Crippen LogP contribution is -2.31. The molecular formula is C31H26ClF3N4O2. The van der Waals surface area contributed by atoms with E-state index in [-0.39, 0.29) is 46.9 Å². The molecule has 0 saturated carbocycles. The zero-order valence-electron chi connectivity index (χ0n) is 22.1. The van der Waals surface area contributed by atoms with Gasteiger partial charge in [0.1, 0.15) is 29.9 Å². The average Bonchev–Trinajstić information content (AvgIpc) is 3.27. The lowest BCUT2D eigenvalue weighted by atomic mass is 10.0. The number of halogens is 4. The highest BCUT2D eigenvalue weighted by Crippen LogP contribution is 2.29. The van der Waals surface area contributed by atoms with Crippen molar-refractivity contribution >= 4 is 28.3 Å². The smallest absolute Gasteiger partial charge is 0.214 e. The first-order valence-electron chi connectivity index (χ1n) is 13.2. The Kier molecular flexibility index (Phi) is 7.55. The molecule has 3 heterocycles. The number of anilines is 1. The van der Waals surface area contributed by atoms with Crippen LogP contribution in [0.2, 0.25) is 5.02 Å². The minimum Gasteiger partial charge on any atom is -0.473 e. The third kappa shape index (κ3) is 5.73. The Bertz CT molecular complexity index is 1740. The highest BCUT2D eigenvalue weighted by molar-refractivity contribution is 6.30. The van der Waals surface area contributed by atoms with Gasteiger partial charge in [-0.15, -0.1) is 0 Å². The Morgan fingerprint density at radius 1 is 0.976 bits per heavy atom. The van der Waals surface area contributed by atoms with E-state index < -0.39 is 17.5 Å². The molecule has 1 atom stereocenters. The van der Waals surface area contributed by atoms with Gasteiger partial charge in [-0.3, -0.25) is 0 Å². The molecule has 1 unspecified atom stereocenters. The topological polar surface area (TPSA) is 61.2 Å². The van der Waals surface area contributed by atoms with Gasteiger partial charge in [0.15, 0.2) is 0 Å². The van der Waals surface area contributed by atoms with Crippen LogP contribution in [-0.4, -0.2) is 34.3 Å². The second-order valence-electron chi connectivity index (χ2n) is 9.86. The van der Waals surface area contributed by atoms with E-state index in [1.165, 1.54) is 18.2 Å². The van der Waals surface area contributed by atoms with Crippen molar-refractivity contribution in [2.24, 2.45) is 0 Å². The van der Waals surface area contributed by atoms with Crippen LogP contribution in [0.1, 0.15) is 23.4 Å². The van der Waals surface area contributed by atoms with Crippen molar-refractivity contribution in [1.82, 2.24) is 14.5 Å². The summed E-state index contributed by atoms with van der Waals surface area (Å²) in [6.07, 6.45) is 1.11. The predicted molar refractivity (Wildman–Crippen MR) is 152 cm³/mol. The van der Waals surface area contributed by atoms with Gasteiger partial charge in [-0.05, 0) is 60.5 Å². The van der Waals surface area contributed by atoms with Crippen LogP contribution >= 0.6 is 11.6 Å². The van der Waals surface area contributed by atoms with Gasteiger partial charge < -0.3 is 19.4 Å². The first-order valence-corrected chi connectivity index (χ1v) is 13.6. The molecule has 6 rings (SSSR count). The fourth-order valence-electron chi connectivity index (χ4n) is 4.83. The summed E-state index contributed by atoms with van der Waals surface area (Å²) in [6.45, 7) is 1.21. The summed E-state index contributed by atoms with van der Waals surface area (Å²) in [5.41, 5.74) is 3.24. The molecule has 0 bridgehead atoms. The van der Waals surface area contributed by atoms with Crippen molar-refractivity contribution < 1.29 is 22.6 Å². The summed E-state index contributed by atoms with van der Waals surface area (Å²) < 4.78 is 58.2. The van der Waals surface area contributed by atoms with Crippen LogP contribution in [0, 0.1) is 17.5 Å². The van der Waals surface area contributed by atoms with Crippen molar-refractivity contribution in [3.63, 3.8) is 0 Å². The Hall–Kier alpha value is -4.08. The van der Waals surface area contributed by atoms with E-state index in [0.29, 0.717) is 17.9 Å².